The van der Waals surface area contributed by atoms with Crippen LogP contribution >= 0.6 is 22.6 Å². The zero-order valence-corrected chi connectivity index (χ0v) is 19.2. The van der Waals surface area contributed by atoms with Gasteiger partial charge in [-0.2, -0.15) is 5.10 Å². The predicted octanol–water partition coefficient (Wildman–Crippen LogP) is 2.43. The van der Waals surface area contributed by atoms with Gasteiger partial charge in [-0.1, -0.05) is 0 Å². The minimum Gasteiger partial charge on any atom is -0.396 e. The van der Waals surface area contributed by atoms with Crippen molar-refractivity contribution in [2.75, 3.05) is 11.9 Å². The van der Waals surface area contributed by atoms with Crippen molar-refractivity contribution < 1.29 is 19.1 Å². The molecule has 0 bridgehead atoms. The molecular weight excluding hydrogens is 518 g/mol. The van der Waals surface area contributed by atoms with Crippen molar-refractivity contribution in [3.8, 4) is 0 Å². The number of carbonyl (C=O) groups excluding carboxylic acids is 2. The molecule has 31 heavy (non-hydrogen) atoms. The molecule has 11 heteroatoms. The van der Waals surface area contributed by atoms with Crippen molar-refractivity contribution in [3.63, 3.8) is 0 Å². The lowest BCUT2D eigenvalue weighted by molar-refractivity contribution is 0.0994. The third-order valence-corrected chi connectivity index (χ3v) is 6.48. The Labute approximate surface area is 190 Å². The highest BCUT2D eigenvalue weighted by Crippen LogP contribution is 2.47. The first-order valence-electron chi connectivity index (χ1n) is 9.84. The van der Waals surface area contributed by atoms with E-state index in [4.69, 9.17) is 5.73 Å². The van der Waals surface area contributed by atoms with Crippen LogP contribution in [0.4, 0.5) is 10.3 Å². The fourth-order valence-electron chi connectivity index (χ4n) is 3.65. The van der Waals surface area contributed by atoms with Crippen molar-refractivity contribution in [1.82, 2.24) is 19.3 Å². The average Bonchev–Trinajstić information content (AvgIpc) is 3.33. The van der Waals surface area contributed by atoms with Crippen LogP contribution in [0.5, 0.6) is 0 Å². The van der Waals surface area contributed by atoms with E-state index < -0.39 is 17.6 Å². The molecule has 1 fully saturated rings. The Morgan fingerprint density at radius 1 is 1.39 bits per heavy atom. The number of aromatic nitrogens is 4. The molecule has 4 N–H and O–H groups in total. The molecule has 164 valence electrons. The van der Waals surface area contributed by atoms with Gasteiger partial charge in [0, 0.05) is 27.6 Å². The quantitative estimate of drug-likeness (QED) is 0.397. The van der Waals surface area contributed by atoms with Gasteiger partial charge < -0.3 is 15.4 Å². The second kappa shape index (κ2) is 7.86. The minimum atomic E-state index is -0.679. The van der Waals surface area contributed by atoms with Crippen LogP contribution in [0, 0.1) is 21.7 Å². The van der Waals surface area contributed by atoms with Crippen molar-refractivity contribution >= 4 is 51.4 Å². The van der Waals surface area contributed by atoms with Gasteiger partial charge in [0.15, 0.2) is 11.5 Å². The molecule has 1 aromatic carbocycles. The van der Waals surface area contributed by atoms with Gasteiger partial charge in [0.1, 0.15) is 0 Å². The Morgan fingerprint density at radius 3 is 2.68 bits per heavy atom. The zero-order valence-electron chi connectivity index (χ0n) is 17.1. The molecule has 0 spiro atoms. The lowest BCUT2D eigenvalue weighted by atomic mass is 10.1. The molecule has 3 aromatic rings. The van der Waals surface area contributed by atoms with E-state index in [0.717, 1.165) is 16.4 Å². The van der Waals surface area contributed by atoms with Gasteiger partial charge in [-0.25, -0.2) is 9.37 Å². The Hall–Kier alpha value is -2.54. The van der Waals surface area contributed by atoms with E-state index in [1.54, 1.807) is 23.6 Å². The van der Waals surface area contributed by atoms with Gasteiger partial charge in [0.25, 0.3) is 5.91 Å². The topological polar surface area (TPSA) is 128 Å². The standard InChI is InChI=1S/C20H22FIN6O3/c1-3-28-16(14(21)10(2)26-28)18(31)25-19-24-13-7-11(17(23)30)6-12(22)15(13)27(19)8-20(9-29)4-5-20/h6-7,29H,3-5,8-9H2,1-2H3,(H2,23,30)(H,24,25,31). The molecule has 0 saturated heterocycles. The van der Waals surface area contributed by atoms with Crippen LogP contribution in [0.2, 0.25) is 0 Å². The number of amides is 2. The Kier molecular flexibility index (Phi) is 5.50. The smallest absolute Gasteiger partial charge is 0.279 e. The number of rotatable bonds is 7. The second-order valence-corrected chi connectivity index (χ2v) is 9.05. The molecule has 2 aromatic heterocycles. The van der Waals surface area contributed by atoms with Crippen LogP contribution in [-0.4, -0.2) is 42.9 Å². The Morgan fingerprint density at radius 2 is 2.10 bits per heavy atom. The fraction of sp³-hybridized carbons (Fsp3) is 0.400. The summed E-state index contributed by atoms with van der Waals surface area (Å²) in [5.41, 5.74) is 6.59. The maximum atomic E-state index is 14.6. The molecule has 0 unspecified atom stereocenters. The van der Waals surface area contributed by atoms with Crippen molar-refractivity contribution in [1.29, 1.82) is 0 Å². The maximum absolute atomic E-state index is 14.6. The first kappa shape index (κ1) is 21.7. The highest BCUT2D eigenvalue weighted by molar-refractivity contribution is 14.1. The number of aliphatic hydroxyl groups is 1. The molecule has 9 nitrogen and oxygen atoms in total. The van der Waals surface area contributed by atoms with Crippen LogP contribution in [-0.2, 0) is 13.1 Å². The normalized spacial score (nSPS) is 14.7. The zero-order chi connectivity index (χ0) is 22.5. The number of carbonyl (C=O) groups is 2. The van der Waals surface area contributed by atoms with Crippen LogP contribution < -0.4 is 11.1 Å². The average molecular weight is 540 g/mol. The van der Waals surface area contributed by atoms with E-state index in [2.05, 4.69) is 38.0 Å². The van der Waals surface area contributed by atoms with Gasteiger partial charge in [0.05, 0.1) is 23.3 Å². The van der Waals surface area contributed by atoms with Crippen molar-refractivity contribution in [3.05, 3.63) is 38.5 Å². The van der Waals surface area contributed by atoms with Crippen LogP contribution in [0.25, 0.3) is 11.0 Å². The number of aliphatic hydroxyl groups excluding tert-OH is 1. The summed E-state index contributed by atoms with van der Waals surface area (Å²) in [5.74, 6) is -1.73. The summed E-state index contributed by atoms with van der Waals surface area (Å²) in [5, 5.41) is 16.6. The summed E-state index contributed by atoms with van der Waals surface area (Å²) in [6.07, 6.45) is 1.70. The number of anilines is 1. The van der Waals surface area contributed by atoms with Crippen molar-refractivity contribution in [2.24, 2.45) is 11.1 Å². The van der Waals surface area contributed by atoms with E-state index in [1.165, 1.54) is 11.6 Å². The van der Waals surface area contributed by atoms with Gasteiger partial charge in [0.2, 0.25) is 11.9 Å². The molecule has 2 heterocycles. The highest BCUT2D eigenvalue weighted by Gasteiger charge is 2.43. The molecule has 0 aliphatic heterocycles. The largest absolute Gasteiger partial charge is 0.396 e. The summed E-state index contributed by atoms with van der Waals surface area (Å²) >= 11 is 2.09. The number of hydrogen-bond donors (Lipinski definition) is 3. The van der Waals surface area contributed by atoms with Gasteiger partial charge in [-0.05, 0) is 61.4 Å². The number of imidazole rings is 1. The van der Waals surface area contributed by atoms with E-state index in [1.807, 2.05) is 0 Å². The Balaban J connectivity index is 1.82. The van der Waals surface area contributed by atoms with Crippen LogP contribution in [0.1, 0.15) is 46.3 Å². The fourth-order valence-corrected chi connectivity index (χ4v) is 4.56. The highest BCUT2D eigenvalue weighted by atomic mass is 127. The number of halogens is 2. The first-order valence-corrected chi connectivity index (χ1v) is 10.9. The van der Waals surface area contributed by atoms with E-state index >= 15 is 0 Å². The number of aryl methyl sites for hydroxylation is 2. The molecule has 0 radical (unpaired) electrons. The first-order chi connectivity index (χ1) is 14.7. The van der Waals surface area contributed by atoms with E-state index in [9.17, 15) is 19.1 Å². The molecular formula is C20H22FIN6O3. The molecule has 1 saturated carbocycles. The van der Waals surface area contributed by atoms with E-state index in [0.29, 0.717) is 29.7 Å². The lowest BCUT2D eigenvalue weighted by Crippen LogP contribution is -2.23. The predicted molar refractivity (Wildman–Crippen MR) is 120 cm³/mol. The summed E-state index contributed by atoms with van der Waals surface area (Å²) in [4.78, 5) is 29.2. The number of nitrogens with zero attached hydrogens (tertiary/aromatic N) is 4. The number of hydrogen-bond acceptors (Lipinski definition) is 5. The van der Waals surface area contributed by atoms with Gasteiger partial charge >= 0.3 is 0 Å². The summed E-state index contributed by atoms with van der Waals surface area (Å²) in [6.45, 7) is 4.03. The van der Waals surface area contributed by atoms with Gasteiger partial charge in [-0.3, -0.25) is 19.6 Å². The van der Waals surface area contributed by atoms with E-state index in [-0.39, 0.29) is 29.4 Å². The Bertz CT molecular complexity index is 1210. The number of fused-ring (bicyclic) bond motifs is 1. The number of nitrogens with one attached hydrogen (secondary N) is 1. The van der Waals surface area contributed by atoms with Gasteiger partial charge in [-0.15, -0.1) is 0 Å². The monoisotopic (exact) mass is 540 g/mol. The molecule has 4 rings (SSSR count). The maximum Gasteiger partial charge on any atom is 0.279 e. The SMILES string of the molecule is CCn1nc(C)c(F)c1C(=O)Nc1nc2cc(C(N)=O)cc(I)c2n1CC1(CO)CC1. The van der Waals surface area contributed by atoms with Crippen LogP contribution in [0.3, 0.4) is 0 Å². The summed E-state index contributed by atoms with van der Waals surface area (Å²) in [6, 6.07) is 3.22. The molecule has 1 aliphatic rings. The van der Waals surface area contributed by atoms with Crippen molar-refractivity contribution in [2.45, 2.75) is 39.8 Å². The number of benzene rings is 1. The lowest BCUT2D eigenvalue weighted by Gasteiger charge is -2.17. The molecule has 1 aliphatic carbocycles. The van der Waals surface area contributed by atoms with Crippen LogP contribution in [0.15, 0.2) is 12.1 Å². The summed E-state index contributed by atoms with van der Waals surface area (Å²) < 4.78 is 18.4. The number of nitrogens with two attached hydrogens (primary N) is 1. The number of primary amides is 1. The summed E-state index contributed by atoms with van der Waals surface area (Å²) in [7, 11) is 0. The third-order valence-electron chi connectivity index (χ3n) is 5.66. The molecule has 2 amide bonds. The minimum absolute atomic E-state index is 0.00639. The second-order valence-electron chi connectivity index (χ2n) is 7.89. The third kappa shape index (κ3) is 3.80. The molecule has 0 atom stereocenters.